The maximum atomic E-state index is 13.1. The number of anilines is 3. The van der Waals surface area contributed by atoms with Crippen LogP contribution in [-0.2, 0) is 0 Å². The summed E-state index contributed by atoms with van der Waals surface area (Å²) in [5, 5.41) is 12.0. The van der Waals surface area contributed by atoms with E-state index in [9.17, 15) is 9.18 Å². The minimum atomic E-state index is -1.09. The summed E-state index contributed by atoms with van der Waals surface area (Å²) in [6, 6.07) is 8.87. The molecule has 0 saturated carbocycles. The number of hydrogen-bond donors (Lipinski definition) is 3. The Bertz CT molecular complexity index is 647. The predicted molar refractivity (Wildman–Crippen MR) is 75.2 cm³/mol. The molecule has 0 saturated heterocycles. The second kappa shape index (κ2) is 5.27. The molecule has 0 unspecified atom stereocenters. The van der Waals surface area contributed by atoms with Crippen LogP contribution in [0.15, 0.2) is 40.9 Å². The van der Waals surface area contributed by atoms with Gasteiger partial charge in [0.05, 0.1) is 21.4 Å². The van der Waals surface area contributed by atoms with Crippen molar-refractivity contribution in [3.8, 4) is 0 Å². The molecule has 19 heavy (non-hydrogen) atoms. The summed E-state index contributed by atoms with van der Waals surface area (Å²) < 4.78 is 13.4. The van der Waals surface area contributed by atoms with Gasteiger partial charge in [0.15, 0.2) is 0 Å². The lowest BCUT2D eigenvalue weighted by Crippen LogP contribution is -2.05. The van der Waals surface area contributed by atoms with Crippen LogP contribution in [0.2, 0.25) is 0 Å². The van der Waals surface area contributed by atoms with Crippen LogP contribution < -0.4 is 11.1 Å². The fraction of sp³-hybridized carbons (Fsp3) is 0. The van der Waals surface area contributed by atoms with Crippen molar-refractivity contribution < 1.29 is 14.3 Å². The number of nitrogens with two attached hydrogens (primary N) is 1. The molecule has 4 N–H and O–H groups in total. The van der Waals surface area contributed by atoms with Crippen LogP contribution >= 0.6 is 15.9 Å². The molecule has 98 valence electrons. The lowest BCUT2D eigenvalue weighted by Gasteiger charge is -2.12. The predicted octanol–water partition coefficient (Wildman–Crippen LogP) is 3.61. The van der Waals surface area contributed by atoms with E-state index in [1.807, 2.05) is 0 Å². The molecular formula is C13H10BrFN2O2. The highest BCUT2D eigenvalue weighted by molar-refractivity contribution is 9.10. The third kappa shape index (κ3) is 2.85. The van der Waals surface area contributed by atoms with Crippen molar-refractivity contribution in [2.75, 3.05) is 11.1 Å². The van der Waals surface area contributed by atoms with Crippen LogP contribution in [-0.4, -0.2) is 11.1 Å². The zero-order chi connectivity index (χ0) is 14.0. The molecule has 0 spiro atoms. The van der Waals surface area contributed by atoms with Crippen LogP contribution in [0.25, 0.3) is 0 Å². The number of carboxylic acid groups (broad SMARTS) is 1. The van der Waals surface area contributed by atoms with Crippen molar-refractivity contribution >= 4 is 39.0 Å². The van der Waals surface area contributed by atoms with Gasteiger partial charge in [0, 0.05) is 5.69 Å². The van der Waals surface area contributed by atoms with Gasteiger partial charge in [-0.2, -0.15) is 0 Å². The van der Waals surface area contributed by atoms with E-state index in [1.54, 1.807) is 12.1 Å². The Labute approximate surface area is 117 Å². The van der Waals surface area contributed by atoms with E-state index < -0.39 is 11.8 Å². The Morgan fingerprint density at radius 3 is 2.68 bits per heavy atom. The number of aromatic carboxylic acids is 1. The lowest BCUT2D eigenvalue weighted by molar-refractivity contribution is 0.0698. The highest BCUT2D eigenvalue weighted by Crippen LogP contribution is 2.29. The first-order chi connectivity index (χ1) is 8.99. The van der Waals surface area contributed by atoms with Gasteiger partial charge in [0.1, 0.15) is 5.82 Å². The van der Waals surface area contributed by atoms with Crippen LogP contribution in [0.3, 0.4) is 0 Å². The van der Waals surface area contributed by atoms with Crippen molar-refractivity contribution in [3.05, 3.63) is 52.3 Å². The van der Waals surface area contributed by atoms with E-state index in [-0.39, 0.29) is 15.7 Å². The molecule has 0 radical (unpaired) electrons. The van der Waals surface area contributed by atoms with Crippen molar-refractivity contribution in [2.24, 2.45) is 0 Å². The molecule has 0 bridgehead atoms. The number of benzene rings is 2. The first-order valence-corrected chi connectivity index (χ1v) is 6.12. The van der Waals surface area contributed by atoms with Crippen molar-refractivity contribution in [2.45, 2.75) is 0 Å². The van der Waals surface area contributed by atoms with Crippen molar-refractivity contribution in [3.63, 3.8) is 0 Å². The third-order valence-corrected chi connectivity index (χ3v) is 3.12. The highest BCUT2D eigenvalue weighted by Gasteiger charge is 2.13. The van der Waals surface area contributed by atoms with Gasteiger partial charge in [-0.1, -0.05) is 6.07 Å². The molecule has 4 nitrogen and oxygen atoms in total. The molecule has 0 aromatic heterocycles. The number of nitrogens with one attached hydrogen (secondary N) is 1. The molecular weight excluding hydrogens is 315 g/mol. The second-order valence-electron chi connectivity index (χ2n) is 3.83. The number of carboxylic acids is 1. The van der Waals surface area contributed by atoms with Gasteiger partial charge in [-0.15, -0.1) is 0 Å². The van der Waals surface area contributed by atoms with E-state index in [1.165, 1.54) is 24.3 Å². The van der Waals surface area contributed by atoms with E-state index in [4.69, 9.17) is 10.8 Å². The molecule has 2 aromatic carbocycles. The fourth-order valence-electron chi connectivity index (χ4n) is 1.61. The average Bonchev–Trinajstić information content (AvgIpc) is 2.36. The normalized spacial score (nSPS) is 10.2. The first-order valence-electron chi connectivity index (χ1n) is 5.33. The molecule has 0 fully saturated rings. The number of rotatable bonds is 3. The van der Waals surface area contributed by atoms with E-state index in [2.05, 4.69) is 21.2 Å². The van der Waals surface area contributed by atoms with Gasteiger partial charge in [0.2, 0.25) is 0 Å². The summed E-state index contributed by atoms with van der Waals surface area (Å²) in [7, 11) is 0. The topological polar surface area (TPSA) is 75.4 Å². The lowest BCUT2D eigenvalue weighted by atomic mass is 10.1. The number of carbonyl (C=O) groups is 1. The number of halogens is 2. The van der Waals surface area contributed by atoms with Gasteiger partial charge >= 0.3 is 5.97 Å². The third-order valence-electron chi connectivity index (χ3n) is 2.52. The van der Waals surface area contributed by atoms with Crippen LogP contribution in [0.1, 0.15) is 10.4 Å². The molecule has 0 atom stereocenters. The summed E-state index contributed by atoms with van der Waals surface area (Å²) in [4.78, 5) is 11.1. The summed E-state index contributed by atoms with van der Waals surface area (Å²) in [6.07, 6.45) is 0. The van der Waals surface area contributed by atoms with Crippen molar-refractivity contribution in [1.29, 1.82) is 0 Å². The van der Waals surface area contributed by atoms with E-state index in [0.717, 1.165) is 0 Å². The van der Waals surface area contributed by atoms with Crippen molar-refractivity contribution in [1.82, 2.24) is 0 Å². The Hall–Kier alpha value is -2.08. The molecule has 2 rings (SSSR count). The Morgan fingerprint density at radius 2 is 2.05 bits per heavy atom. The van der Waals surface area contributed by atoms with E-state index >= 15 is 0 Å². The van der Waals surface area contributed by atoms with E-state index in [0.29, 0.717) is 11.4 Å². The Balaban J connectivity index is 2.42. The molecule has 2 aromatic rings. The number of para-hydroxylation sites is 1. The monoisotopic (exact) mass is 324 g/mol. The molecule has 0 aliphatic rings. The Morgan fingerprint density at radius 1 is 1.32 bits per heavy atom. The van der Waals surface area contributed by atoms with Gasteiger partial charge < -0.3 is 16.2 Å². The minimum absolute atomic E-state index is 0.0560. The summed E-state index contributed by atoms with van der Waals surface area (Å²) in [5.41, 5.74) is 6.95. The fourth-order valence-corrected chi connectivity index (χ4v) is 1.98. The maximum Gasteiger partial charge on any atom is 0.337 e. The molecule has 0 amide bonds. The smallest absolute Gasteiger partial charge is 0.337 e. The zero-order valence-electron chi connectivity index (χ0n) is 9.65. The quantitative estimate of drug-likeness (QED) is 0.754. The van der Waals surface area contributed by atoms with Gasteiger partial charge in [-0.05, 0) is 46.3 Å². The summed E-state index contributed by atoms with van der Waals surface area (Å²) >= 11 is 3.06. The SMILES string of the molecule is Nc1cccc(C(=O)O)c1Nc1ccc(F)c(Br)c1. The largest absolute Gasteiger partial charge is 0.478 e. The van der Waals surface area contributed by atoms with Crippen LogP contribution in [0.5, 0.6) is 0 Å². The van der Waals surface area contributed by atoms with Crippen LogP contribution in [0.4, 0.5) is 21.5 Å². The Kier molecular flexibility index (Phi) is 3.71. The van der Waals surface area contributed by atoms with Gasteiger partial charge in [-0.25, -0.2) is 9.18 Å². The van der Waals surface area contributed by atoms with Gasteiger partial charge in [0.25, 0.3) is 0 Å². The summed E-state index contributed by atoms with van der Waals surface area (Å²) in [5.74, 6) is -1.49. The molecule has 6 heteroatoms. The second-order valence-corrected chi connectivity index (χ2v) is 4.68. The minimum Gasteiger partial charge on any atom is -0.478 e. The molecule has 0 aliphatic carbocycles. The maximum absolute atomic E-state index is 13.1. The first kappa shape index (κ1) is 13.4. The molecule has 0 aliphatic heterocycles. The summed E-state index contributed by atoms with van der Waals surface area (Å²) in [6.45, 7) is 0. The number of hydrogen-bond acceptors (Lipinski definition) is 3. The zero-order valence-corrected chi connectivity index (χ0v) is 11.2. The number of nitrogen functional groups attached to an aromatic ring is 1. The average molecular weight is 325 g/mol. The van der Waals surface area contributed by atoms with Crippen LogP contribution in [0, 0.1) is 5.82 Å². The van der Waals surface area contributed by atoms with Gasteiger partial charge in [-0.3, -0.25) is 0 Å². The molecule has 0 heterocycles. The highest BCUT2D eigenvalue weighted by atomic mass is 79.9. The standard InChI is InChI=1S/C13H10BrFN2O2/c14-9-6-7(4-5-10(9)15)17-12-8(13(18)19)2-1-3-11(12)16/h1-6,17H,16H2,(H,18,19).